The van der Waals surface area contributed by atoms with Crippen molar-refractivity contribution in [1.82, 2.24) is 4.90 Å². The summed E-state index contributed by atoms with van der Waals surface area (Å²) in [5, 5.41) is 0. The monoisotopic (exact) mass is 271 g/mol. The van der Waals surface area contributed by atoms with Gasteiger partial charge in [-0.2, -0.15) is 4.99 Å². The SMILES string of the molecule is CC(C)CN1C(=O)N=C(N)C12CCCc1ccccc12. The first-order chi connectivity index (χ1) is 9.55. The Bertz CT molecular complexity index is 579. The predicted molar refractivity (Wildman–Crippen MR) is 79.6 cm³/mol. The molecule has 0 saturated carbocycles. The summed E-state index contributed by atoms with van der Waals surface area (Å²) in [6, 6.07) is 8.13. The highest BCUT2D eigenvalue weighted by Gasteiger charge is 2.51. The number of carbonyl (C=O) groups excluding carboxylic acids is 1. The molecule has 0 fully saturated rings. The summed E-state index contributed by atoms with van der Waals surface area (Å²) < 4.78 is 0. The predicted octanol–water partition coefficient (Wildman–Crippen LogP) is 2.67. The van der Waals surface area contributed by atoms with E-state index >= 15 is 0 Å². The summed E-state index contributed by atoms with van der Waals surface area (Å²) >= 11 is 0. The van der Waals surface area contributed by atoms with E-state index in [9.17, 15) is 4.79 Å². The van der Waals surface area contributed by atoms with Crippen molar-refractivity contribution in [2.75, 3.05) is 6.54 Å². The van der Waals surface area contributed by atoms with Crippen LogP contribution in [0.2, 0.25) is 0 Å². The number of benzene rings is 1. The number of fused-ring (bicyclic) bond motifs is 2. The lowest BCUT2D eigenvalue weighted by Gasteiger charge is -2.43. The van der Waals surface area contributed by atoms with Gasteiger partial charge in [0.15, 0.2) is 0 Å². The van der Waals surface area contributed by atoms with Crippen molar-refractivity contribution in [2.24, 2.45) is 16.6 Å². The van der Waals surface area contributed by atoms with Gasteiger partial charge in [-0.15, -0.1) is 0 Å². The van der Waals surface area contributed by atoms with Gasteiger partial charge in [0, 0.05) is 6.54 Å². The number of carbonyl (C=O) groups is 1. The molecule has 1 atom stereocenters. The Morgan fingerprint density at radius 2 is 2.15 bits per heavy atom. The average Bonchev–Trinajstić information content (AvgIpc) is 2.64. The summed E-state index contributed by atoms with van der Waals surface area (Å²) in [6.45, 7) is 4.92. The van der Waals surface area contributed by atoms with E-state index in [4.69, 9.17) is 5.73 Å². The Morgan fingerprint density at radius 3 is 2.90 bits per heavy atom. The van der Waals surface area contributed by atoms with Gasteiger partial charge in [0.1, 0.15) is 11.4 Å². The second-order valence-electron chi connectivity index (χ2n) is 6.16. The number of hydrogen-bond donors (Lipinski definition) is 1. The van der Waals surface area contributed by atoms with E-state index in [-0.39, 0.29) is 6.03 Å². The molecule has 4 heteroatoms. The number of amidine groups is 1. The highest BCUT2D eigenvalue weighted by Crippen LogP contribution is 2.43. The van der Waals surface area contributed by atoms with Gasteiger partial charge in [-0.05, 0) is 36.3 Å². The third-order valence-electron chi connectivity index (χ3n) is 4.33. The Balaban J connectivity index is 2.14. The van der Waals surface area contributed by atoms with E-state index in [1.54, 1.807) is 0 Å². The second kappa shape index (κ2) is 4.62. The maximum atomic E-state index is 12.3. The lowest BCUT2D eigenvalue weighted by molar-refractivity contribution is 0.147. The zero-order chi connectivity index (χ0) is 14.3. The molecule has 2 N–H and O–H groups in total. The summed E-state index contributed by atoms with van der Waals surface area (Å²) in [6.07, 6.45) is 2.96. The first kappa shape index (κ1) is 13.2. The second-order valence-corrected chi connectivity index (χ2v) is 6.16. The first-order valence-electron chi connectivity index (χ1n) is 7.30. The van der Waals surface area contributed by atoms with Crippen molar-refractivity contribution in [3.8, 4) is 0 Å². The highest BCUT2D eigenvalue weighted by atomic mass is 16.2. The number of amides is 2. The summed E-state index contributed by atoms with van der Waals surface area (Å²) in [4.78, 5) is 18.2. The van der Waals surface area contributed by atoms with Crippen LogP contribution in [0, 0.1) is 5.92 Å². The van der Waals surface area contributed by atoms with E-state index in [2.05, 4.69) is 37.0 Å². The number of nitrogens with zero attached hydrogens (tertiary/aromatic N) is 2. The van der Waals surface area contributed by atoms with E-state index in [0.717, 1.165) is 19.3 Å². The molecule has 1 aliphatic carbocycles. The fourth-order valence-electron chi connectivity index (χ4n) is 3.51. The zero-order valence-electron chi connectivity index (χ0n) is 12.1. The molecular weight excluding hydrogens is 250 g/mol. The molecule has 0 saturated heterocycles. The van der Waals surface area contributed by atoms with Gasteiger partial charge in [-0.3, -0.25) is 0 Å². The molecule has 0 aromatic heterocycles. The minimum absolute atomic E-state index is 0.187. The number of nitrogens with two attached hydrogens (primary N) is 1. The maximum Gasteiger partial charge on any atom is 0.346 e. The van der Waals surface area contributed by atoms with Crippen LogP contribution >= 0.6 is 0 Å². The van der Waals surface area contributed by atoms with Crippen molar-refractivity contribution < 1.29 is 4.79 Å². The molecule has 4 nitrogen and oxygen atoms in total. The van der Waals surface area contributed by atoms with Crippen LogP contribution in [0.4, 0.5) is 4.79 Å². The molecule has 1 aromatic rings. The molecule has 0 bridgehead atoms. The van der Waals surface area contributed by atoms with E-state index in [1.807, 2.05) is 11.0 Å². The van der Waals surface area contributed by atoms with E-state index < -0.39 is 5.54 Å². The van der Waals surface area contributed by atoms with Crippen molar-refractivity contribution >= 4 is 11.9 Å². The van der Waals surface area contributed by atoms with Crippen LogP contribution in [0.5, 0.6) is 0 Å². The average molecular weight is 271 g/mol. The lowest BCUT2D eigenvalue weighted by atomic mass is 9.75. The molecule has 1 spiro atoms. The molecule has 1 aliphatic heterocycles. The molecule has 20 heavy (non-hydrogen) atoms. The van der Waals surface area contributed by atoms with Crippen LogP contribution in [0.25, 0.3) is 0 Å². The van der Waals surface area contributed by atoms with E-state index in [1.165, 1.54) is 11.1 Å². The summed E-state index contributed by atoms with van der Waals surface area (Å²) in [5.74, 6) is 0.862. The molecule has 2 aliphatic rings. The quantitative estimate of drug-likeness (QED) is 0.899. The largest absolute Gasteiger partial charge is 0.385 e. The molecule has 2 amide bonds. The smallest absolute Gasteiger partial charge is 0.346 e. The standard InChI is InChI=1S/C16H21N3O/c1-11(2)10-19-15(20)18-14(17)16(19)9-5-7-12-6-3-4-8-13(12)16/h3-4,6,8,11H,5,7,9-10H2,1-2H3,(H2,17,18,20). The third kappa shape index (κ3) is 1.74. The van der Waals surface area contributed by atoms with Crippen molar-refractivity contribution in [3.63, 3.8) is 0 Å². The number of hydrogen-bond acceptors (Lipinski definition) is 2. The topological polar surface area (TPSA) is 58.7 Å². The van der Waals surface area contributed by atoms with Crippen LogP contribution in [-0.4, -0.2) is 23.3 Å². The van der Waals surface area contributed by atoms with Crippen molar-refractivity contribution in [1.29, 1.82) is 0 Å². The van der Waals surface area contributed by atoms with Crippen LogP contribution in [0.15, 0.2) is 29.3 Å². The molecule has 1 unspecified atom stereocenters. The minimum atomic E-state index is -0.504. The highest BCUT2D eigenvalue weighted by molar-refractivity contribution is 6.06. The fourth-order valence-corrected chi connectivity index (χ4v) is 3.51. The Kier molecular flexibility index (Phi) is 3.04. The summed E-state index contributed by atoms with van der Waals surface area (Å²) in [5.41, 5.74) is 8.16. The molecule has 1 aromatic carbocycles. The van der Waals surface area contributed by atoms with E-state index in [0.29, 0.717) is 18.3 Å². The lowest BCUT2D eigenvalue weighted by Crippen LogP contribution is -2.54. The van der Waals surface area contributed by atoms with Gasteiger partial charge in [0.05, 0.1) is 0 Å². The van der Waals surface area contributed by atoms with Gasteiger partial charge in [-0.25, -0.2) is 4.79 Å². The van der Waals surface area contributed by atoms with Crippen molar-refractivity contribution in [2.45, 2.75) is 38.6 Å². The minimum Gasteiger partial charge on any atom is -0.385 e. The van der Waals surface area contributed by atoms with Crippen LogP contribution < -0.4 is 5.73 Å². The van der Waals surface area contributed by atoms with Gasteiger partial charge >= 0.3 is 6.03 Å². The van der Waals surface area contributed by atoms with Crippen molar-refractivity contribution in [3.05, 3.63) is 35.4 Å². The van der Waals surface area contributed by atoms with Crippen LogP contribution in [-0.2, 0) is 12.0 Å². The van der Waals surface area contributed by atoms with Gasteiger partial charge in [0.2, 0.25) is 0 Å². The molecule has 1 heterocycles. The number of rotatable bonds is 2. The fraction of sp³-hybridized carbons (Fsp3) is 0.500. The Morgan fingerprint density at radius 1 is 1.40 bits per heavy atom. The molecular formula is C16H21N3O. The zero-order valence-corrected chi connectivity index (χ0v) is 12.1. The van der Waals surface area contributed by atoms with Gasteiger partial charge in [-0.1, -0.05) is 38.1 Å². The number of aliphatic imine (C=N–C) groups is 1. The molecule has 0 radical (unpaired) electrons. The molecule has 3 rings (SSSR count). The maximum absolute atomic E-state index is 12.3. The molecule has 106 valence electrons. The third-order valence-corrected chi connectivity index (χ3v) is 4.33. The van der Waals surface area contributed by atoms with Gasteiger partial charge in [0.25, 0.3) is 0 Å². The van der Waals surface area contributed by atoms with Crippen LogP contribution in [0.1, 0.15) is 37.8 Å². The Labute approximate surface area is 119 Å². The van der Waals surface area contributed by atoms with Gasteiger partial charge < -0.3 is 10.6 Å². The summed E-state index contributed by atoms with van der Waals surface area (Å²) in [7, 11) is 0. The Hall–Kier alpha value is -1.84. The number of urea groups is 1. The normalized spacial score (nSPS) is 25.2. The first-order valence-corrected chi connectivity index (χ1v) is 7.30. The van der Waals surface area contributed by atoms with Crippen LogP contribution in [0.3, 0.4) is 0 Å². The number of aryl methyl sites for hydroxylation is 1.